The molecule has 2 aromatic carbocycles. The maximum absolute atomic E-state index is 14.0. The number of likely N-dealkylation sites (N-methyl/N-ethyl adjacent to an activating group) is 2. The quantitative estimate of drug-likeness (QED) is 0.173. The van der Waals surface area contributed by atoms with Crippen LogP contribution >= 0.6 is 0 Å². The highest BCUT2D eigenvalue weighted by Gasteiger charge is 2.52. The van der Waals surface area contributed by atoms with Crippen molar-refractivity contribution in [3.8, 4) is 11.5 Å². The zero-order chi connectivity index (χ0) is 48.9. The van der Waals surface area contributed by atoms with Crippen molar-refractivity contribution in [3.63, 3.8) is 0 Å². The molecule has 3 fully saturated rings. The van der Waals surface area contributed by atoms with E-state index in [9.17, 15) is 65.3 Å². The first-order valence-corrected chi connectivity index (χ1v) is 22.1. The normalized spacial score (nSPS) is 21.3. The highest BCUT2D eigenvalue weighted by atomic mass is 19.2. The predicted molar refractivity (Wildman–Crippen MR) is 226 cm³/mol. The van der Waals surface area contributed by atoms with E-state index in [1.807, 2.05) is 6.92 Å². The first kappa shape index (κ1) is 47.8. The summed E-state index contributed by atoms with van der Waals surface area (Å²) >= 11 is 0. The number of fused-ring (bicyclic) bond motifs is 6. The average molecular weight is 957 g/mol. The SMILES string of the molecule is CCN1C(=O)c2c(O)c(=O)c(C(=O)NCc3c(F)cc(F)cc3F)cn2[C@H]2CCC3(C[C@H]21)OCCO3.CCN1C(=O)c2c(O)c(=O)c(C(=O)NCc3c(F)cc(F)cc3F)cn2[C@H]2CCCC[C@H]21. The Morgan fingerprint density at radius 1 is 0.632 bits per heavy atom. The third-order valence-electron chi connectivity index (χ3n) is 13.4. The second-order valence-corrected chi connectivity index (χ2v) is 17.1. The Bertz CT molecular complexity index is 2800. The molecule has 1 spiro atoms. The number of amides is 4. The molecule has 362 valence electrons. The molecular weight excluding hydrogens is 911 g/mol. The molecule has 4 N–H and O–H groups in total. The Balaban J connectivity index is 0.000000185. The topological polar surface area (TPSA) is 202 Å². The minimum absolute atomic E-state index is 0.117. The predicted octanol–water partition coefficient (Wildman–Crippen LogP) is 5.07. The summed E-state index contributed by atoms with van der Waals surface area (Å²) in [5.74, 6) is -12.5. The number of carbonyl (C=O) groups excluding carboxylic acids is 4. The fraction of sp³-hybridized carbons (Fsp3) is 0.435. The van der Waals surface area contributed by atoms with Crippen molar-refractivity contribution < 1.29 is 65.2 Å². The van der Waals surface area contributed by atoms with Crippen LogP contribution in [0.25, 0.3) is 0 Å². The lowest BCUT2D eigenvalue weighted by molar-refractivity contribution is -0.194. The molecular formula is C46H46F6N6O10. The number of hydrogen-bond acceptors (Lipinski definition) is 10. The molecule has 2 saturated carbocycles. The first-order chi connectivity index (χ1) is 32.4. The summed E-state index contributed by atoms with van der Waals surface area (Å²) in [5.41, 5.74) is -4.62. The molecule has 1 saturated heterocycles. The van der Waals surface area contributed by atoms with Gasteiger partial charge in [-0.15, -0.1) is 0 Å². The van der Waals surface area contributed by atoms with Crippen molar-refractivity contribution in [1.82, 2.24) is 29.6 Å². The van der Waals surface area contributed by atoms with E-state index in [1.165, 1.54) is 21.5 Å². The molecule has 4 atom stereocenters. The molecule has 5 heterocycles. The van der Waals surface area contributed by atoms with E-state index in [2.05, 4.69) is 10.6 Å². The Morgan fingerprint density at radius 2 is 1.03 bits per heavy atom. The number of halogens is 6. The van der Waals surface area contributed by atoms with Crippen LogP contribution in [0.1, 0.15) is 124 Å². The number of benzene rings is 2. The third kappa shape index (κ3) is 8.47. The number of rotatable bonds is 8. The van der Waals surface area contributed by atoms with Crippen LogP contribution in [0.15, 0.2) is 46.2 Å². The Morgan fingerprint density at radius 3 is 1.46 bits per heavy atom. The molecule has 4 aromatic rings. The van der Waals surface area contributed by atoms with Gasteiger partial charge in [0.1, 0.15) is 46.0 Å². The number of nitrogens with zero attached hydrogens (tertiary/aromatic N) is 4. The lowest BCUT2D eigenvalue weighted by atomic mass is 9.82. The van der Waals surface area contributed by atoms with Crippen molar-refractivity contribution in [3.05, 3.63) is 126 Å². The van der Waals surface area contributed by atoms with Crippen LogP contribution in [-0.4, -0.2) is 96.9 Å². The molecule has 3 aliphatic heterocycles. The van der Waals surface area contributed by atoms with Crippen LogP contribution in [0.2, 0.25) is 0 Å². The van der Waals surface area contributed by atoms with Crippen molar-refractivity contribution >= 4 is 23.6 Å². The Hall–Kier alpha value is -6.68. The lowest BCUT2D eigenvalue weighted by Crippen LogP contribution is -2.57. The number of pyridine rings is 2. The molecule has 0 bridgehead atoms. The zero-order valence-corrected chi connectivity index (χ0v) is 36.7. The van der Waals surface area contributed by atoms with Gasteiger partial charge in [-0.2, -0.15) is 0 Å². The number of aromatic hydroxyl groups is 2. The number of carbonyl (C=O) groups is 4. The van der Waals surface area contributed by atoms with E-state index in [1.54, 1.807) is 16.7 Å². The minimum atomic E-state index is -1.20. The maximum atomic E-state index is 14.0. The summed E-state index contributed by atoms with van der Waals surface area (Å²) in [6.07, 6.45) is 7.11. The zero-order valence-electron chi connectivity index (χ0n) is 36.7. The molecule has 4 amide bonds. The van der Waals surface area contributed by atoms with Gasteiger partial charge in [0.15, 0.2) is 28.7 Å². The van der Waals surface area contributed by atoms with E-state index in [0.29, 0.717) is 76.3 Å². The minimum Gasteiger partial charge on any atom is -0.503 e. The molecule has 0 radical (unpaired) electrons. The van der Waals surface area contributed by atoms with Crippen molar-refractivity contribution in [2.45, 2.75) is 102 Å². The fourth-order valence-corrected chi connectivity index (χ4v) is 10.1. The molecule has 5 aliphatic rings. The third-order valence-corrected chi connectivity index (χ3v) is 13.4. The summed E-state index contributed by atoms with van der Waals surface area (Å²) in [6.45, 7) is 3.95. The van der Waals surface area contributed by atoms with Gasteiger partial charge in [-0.05, 0) is 33.1 Å². The van der Waals surface area contributed by atoms with E-state index < -0.39 is 122 Å². The Labute approximate surface area is 383 Å². The van der Waals surface area contributed by atoms with Gasteiger partial charge in [0.25, 0.3) is 23.6 Å². The van der Waals surface area contributed by atoms with E-state index in [0.717, 1.165) is 19.3 Å². The molecule has 9 rings (SSSR count). The van der Waals surface area contributed by atoms with Crippen molar-refractivity contribution in [1.29, 1.82) is 0 Å². The van der Waals surface area contributed by atoms with E-state index in [-0.39, 0.29) is 35.6 Å². The second kappa shape index (κ2) is 18.8. The number of ether oxygens (including phenoxy) is 2. The molecule has 2 aromatic heterocycles. The number of aromatic nitrogens is 2. The van der Waals surface area contributed by atoms with Gasteiger partial charge in [-0.3, -0.25) is 28.8 Å². The smallest absolute Gasteiger partial charge is 0.274 e. The van der Waals surface area contributed by atoms with E-state index >= 15 is 0 Å². The summed E-state index contributed by atoms with van der Waals surface area (Å²) in [5, 5.41) is 25.7. The van der Waals surface area contributed by atoms with Gasteiger partial charge in [-0.1, -0.05) is 12.8 Å². The van der Waals surface area contributed by atoms with Crippen LogP contribution < -0.4 is 21.5 Å². The molecule has 68 heavy (non-hydrogen) atoms. The summed E-state index contributed by atoms with van der Waals surface area (Å²) in [6, 6.07) is 0.849. The van der Waals surface area contributed by atoms with Crippen LogP contribution in [0.4, 0.5) is 26.3 Å². The second-order valence-electron chi connectivity index (χ2n) is 17.1. The van der Waals surface area contributed by atoms with Gasteiger partial charge in [-0.25, -0.2) is 26.3 Å². The summed E-state index contributed by atoms with van der Waals surface area (Å²) in [4.78, 5) is 80.5. The molecule has 22 heteroatoms. The van der Waals surface area contributed by atoms with Crippen molar-refractivity contribution in [2.75, 3.05) is 26.3 Å². The molecule has 16 nitrogen and oxygen atoms in total. The Kier molecular flexibility index (Phi) is 13.2. The molecule has 2 aliphatic carbocycles. The largest absolute Gasteiger partial charge is 0.503 e. The van der Waals surface area contributed by atoms with Crippen molar-refractivity contribution in [2.24, 2.45) is 0 Å². The average Bonchev–Trinajstić information content (AvgIpc) is 3.75. The van der Waals surface area contributed by atoms with Crippen LogP contribution in [-0.2, 0) is 22.6 Å². The van der Waals surface area contributed by atoms with Gasteiger partial charge < -0.3 is 49.3 Å². The molecule has 0 unspecified atom stereocenters. The monoisotopic (exact) mass is 956 g/mol. The number of nitrogens with one attached hydrogen (secondary N) is 2. The van der Waals surface area contributed by atoms with Crippen LogP contribution in [0.3, 0.4) is 0 Å². The maximum Gasteiger partial charge on any atom is 0.274 e. The van der Waals surface area contributed by atoms with Gasteiger partial charge in [0, 0.05) is 86.8 Å². The van der Waals surface area contributed by atoms with Gasteiger partial charge in [0.05, 0.1) is 37.4 Å². The van der Waals surface area contributed by atoms with Crippen LogP contribution in [0.5, 0.6) is 11.5 Å². The summed E-state index contributed by atoms with van der Waals surface area (Å²) < 4.78 is 96.5. The highest BCUT2D eigenvalue weighted by Crippen LogP contribution is 2.46. The van der Waals surface area contributed by atoms with Crippen LogP contribution in [0, 0.1) is 34.9 Å². The van der Waals surface area contributed by atoms with Gasteiger partial charge in [0.2, 0.25) is 10.9 Å². The lowest BCUT2D eigenvalue weighted by Gasteiger charge is -2.49. The summed E-state index contributed by atoms with van der Waals surface area (Å²) in [7, 11) is 0. The first-order valence-electron chi connectivity index (χ1n) is 22.1. The standard InChI is InChI=1S/C24H24F3N3O6.C22H22F3N3O4/c1-2-29-18-9-24(35-5-6-36-24)4-3-17(18)30-11-14(20(31)21(32)19(30)23(29)34)22(33)28-10-13-15(26)7-12(25)8-16(13)27;1-2-27-16-5-3-4-6-17(16)28-10-13(19(29)20(30)18(28)22(27)32)21(31)26-9-12-14(24)7-11(23)8-15(12)25/h7-8,11,17-18,32H,2-6,9-10H2,1H3,(H,28,33);7-8,10,16-17,30H,2-6,9H2,1H3,(H,26,31)/t17-,18+;16-,17+/m01/s1. The highest BCUT2D eigenvalue weighted by molar-refractivity contribution is 6.00. The number of hydrogen-bond donors (Lipinski definition) is 4. The fourth-order valence-electron chi connectivity index (χ4n) is 10.1. The van der Waals surface area contributed by atoms with Gasteiger partial charge >= 0.3 is 0 Å². The van der Waals surface area contributed by atoms with E-state index in [4.69, 9.17) is 9.47 Å².